The van der Waals surface area contributed by atoms with E-state index in [2.05, 4.69) is 5.32 Å². The highest BCUT2D eigenvalue weighted by Crippen LogP contribution is 2.35. The second kappa shape index (κ2) is 10.5. The van der Waals surface area contributed by atoms with Crippen molar-refractivity contribution in [1.82, 2.24) is 5.32 Å². The zero-order valence-corrected chi connectivity index (χ0v) is 16.6. The number of thioether (sulfide) groups is 1. The van der Waals surface area contributed by atoms with Crippen molar-refractivity contribution < 1.29 is 9.53 Å². The molecule has 0 aliphatic carbocycles. The third-order valence-electron chi connectivity index (χ3n) is 3.85. The Hall–Kier alpha value is -1.69. The first-order valence-corrected chi connectivity index (χ1v) is 10.2. The molecule has 0 aromatic heterocycles. The number of rotatable bonds is 4. The lowest BCUT2D eigenvalue weighted by atomic mass is 10.1. The fourth-order valence-electron chi connectivity index (χ4n) is 2.57. The lowest BCUT2D eigenvalue weighted by Crippen LogP contribution is -2.40. The van der Waals surface area contributed by atoms with Gasteiger partial charge in [0, 0.05) is 12.6 Å². The third-order valence-corrected chi connectivity index (χ3v) is 5.45. The lowest BCUT2D eigenvalue weighted by molar-refractivity contribution is -0.121. The maximum atomic E-state index is 12.5. The predicted molar refractivity (Wildman–Crippen MR) is 110 cm³/mol. The maximum Gasteiger partial charge on any atom is 0.237 e. The average Bonchev–Trinajstić information content (AvgIpc) is 2.86. The fraction of sp³-hybridized carbons (Fsp3) is 0.350. The summed E-state index contributed by atoms with van der Waals surface area (Å²) < 4.78 is 5.86. The van der Waals surface area contributed by atoms with E-state index in [1.807, 2.05) is 56.3 Å². The SMILES string of the molecule is CC.NCC1CCSC(c2cccc(Oc3ccccc3Cl)c2)C(=O)N1. The van der Waals surface area contributed by atoms with Gasteiger partial charge >= 0.3 is 0 Å². The van der Waals surface area contributed by atoms with Crippen LogP contribution in [0.25, 0.3) is 0 Å². The predicted octanol–water partition coefficient (Wildman–Crippen LogP) is 4.78. The fourth-order valence-corrected chi connectivity index (χ4v) is 3.96. The minimum Gasteiger partial charge on any atom is -0.456 e. The normalized spacial score (nSPS) is 19.6. The smallest absolute Gasteiger partial charge is 0.237 e. The summed E-state index contributed by atoms with van der Waals surface area (Å²) in [5.41, 5.74) is 6.60. The van der Waals surface area contributed by atoms with Crippen molar-refractivity contribution in [2.75, 3.05) is 12.3 Å². The average molecular weight is 393 g/mol. The van der Waals surface area contributed by atoms with Gasteiger partial charge in [0.2, 0.25) is 5.91 Å². The van der Waals surface area contributed by atoms with Gasteiger partial charge in [-0.25, -0.2) is 0 Å². The Morgan fingerprint density at radius 1 is 1.23 bits per heavy atom. The first-order chi connectivity index (χ1) is 12.7. The first-order valence-electron chi connectivity index (χ1n) is 8.82. The lowest BCUT2D eigenvalue weighted by Gasteiger charge is -2.16. The van der Waals surface area contributed by atoms with Gasteiger partial charge in [-0.1, -0.05) is 49.7 Å². The van der Waals surface area contributed by atoms with Crippen molar-refractivity contribution >= 4 is 29.3 Å². The van der Waals surface area contributed by atoms with Crippen LogP contribution >= 0.6 is 23.4 Å². The minimum atomic E-state index is -0.253. The molecule has 4 nitrogen and oxygen atoms in total. The Morgan fingerprint density at radius 2 is 2.00 bits per heavy atom. The number of halogens is 1. The molecule has 3 rings (SSSR count). The van der Waals surface area contributed by atoms with Crippen LogP contribution in [0.4, 0.5) is 0 Å². The molecule has 3 N–H and O–H groups in total. The summed E-state index contributed by atoms with van der Waals surface area (Å²) in [6.07, 6.45) is 0.888. The molecule has 1 fully saturated rings. The summed E-state index contributed by atoms with van der Waals surface area (Å²) in [7, 11) is 0. The molecular weight excluding hydrogens is 368 g/mol. The van der Waals surface area contributed by atoms with Crippen LogP contribution < -0.4 is 15.8 Å². The number of nitrogens with one attached hydrogen (secondary N) is 1. The zero-order chi connectivity index (χ0) is 18.9. The number of carbonyl (C=O) groups excluding carboxylic acids is 1. The van der Waals surface area contributed by atoms with Crippen molar-refractivity contribution in [3.63, 3.8) is 0 Å². The second-order valence-electron chi connectivity index (χ2n) is 5.59. The maximum absolute atomic E-state index is 12.5. The molecule has 2 unspecified atom stereocenters. The molecule has 1 aliphatic heterocycles. The number of carbonyl (C=O) groups is 1. The van der Waals surface area contributed by atoms with Gasteiger partial charge in [0.25, 0.3) is 0 Å². The van der Waals surface area contributed by atoms with E-state index in [0.29, 0.717) is 23.1 Å². The molecule has 1 heterocycles. The molecule has 2 aromatic rings. The van der Waals surface area contributed by atoms with Crippen molar-refractivity contribution in [2.24, 2.45) is 5.73 Å². The van der Waals surface area contributed by atoms with E-state index in [1.165, 1.54) is 0 Å². The van der Waals surface area contributed by atoms with Crippen molar-refractivity contribution in [3.05, 3.63) is 59.1 Å². The van der Waals surface area contributed by atoms with Gasteiger partial charge in [-0.2, -0.15) is 0 Å². The number of amides is 1. The summed E-state index contributed by atoms with van der Waals surface area (Å²) in [5.74, 6) is 2.15. The van der Waals surface area contributed by atoms with E-state index in [1.54, 1.807) is 17.8 Å². The van der Waals surface area contributed by atoms with Crippen molar-refractivity contribution in [3.8, 4) is 11.5 Å². The standard InChI is InChI=1S/C18H19ClN2O2S.C2H6/c19-15-6-1-2-7-16(15)23-14-5-3-4-12(10-14)17-18(22)21-13(11-20)8-9-24-17;1-2/h1-7,10,13,17H,8-9,11,20H2,(H,21,22);1-2H3. The molecule has 2 atom stereocenters. The summed E-state index contributed by atoms with van der Waals surface area (Å²) in [4.78, 5) is 12.5. The topological polar surface area (TPSA) is 64.3 Å². The van der Waals surface area contributed by atoms with Crippen molar-refractivity contribution in [1.29, 1.82) is 0 Å². The molecule has 1 amide bonds. The van der Waals surface area contributed by atoms with E-state index < -0.39 is 0 Å². The van der Waals surface area contributed by atoms with Crippen molar-refractivity contribution in [2.45, 2.75) is 31.6 Å². The Balaban J connectivity index is 0.00000117. The summed E-state index contributed by atoms with van der Waals surface area (Å²) in [6.45, 7) is 4.47. The van der Waals surface area contributed by atoms with Gasteiger partial charge < -0.3 is 15.8 Å². The van der Waals surface area contributed by atoms with Gasteiger partial charge in [0.15, 0.2) is 0 Å². The zero-order valence-electron chi connectivity index (χ0n) is 15.1. The molecule has 0 radical (unpaired) electrons. The minimum absolute atomic E-state index is 0.00263. The molecule has 0 spiro atoms. The molecule has 26 heavy (non-hydrogen) atoms. The molecule has 0 saturated carbocycles. The van der Waals surface area contributed by atoms with Gasteiger partial charge in [-0.3, -0.25) is 4.79 Å². The third kappa shape index (κ3) is 5.40. The number of hydrogen-bond donors (Lipinski definition) is 2. The van der Waals surface area contributed by atoms with Crippen LogP contribution in [0, 0.1) is 0 Å². The van der Waals surface area contributed by atoms with Gasteiger partial charge in [0.05, 0.1) is 5.02 Å². The molecule has 1 saturated heterocycles. The van der Waals surface area contributed by atoms with Crippen LogP contribution in [0.3, 0.4) is 0 Å². The molecular formula is C20H25ClN2O2S. The van der Waals surface area contributed by atoms with E-state index in [0.717, 1.165) is 17.7 Å². The van der Waals surface area contributed by atoms with Crippen LogP contribution in [-0.4, -0.2) is 24.2 Å². The Kier molecular flexibility index (Phi) is 8.29. The Labute approximate surface area is 164 Å². The molecule has 1 aliphatic rings. The highest BCUT2D eigenvalue weighted by molar-refractivity contribution is 8.00. The Bertz CT molecular complexity index is 726. The van der Waals surface area contributed by atoms with Crippen LogP contribution in [0.5, 0.6) is 11.5 Å². The number of hydrogen-bond acceptors (Lipinski definition) is 4. The van der Waals surface area contributed by atoms with E-state index in [9.17, 15) is 4.79 Å². The summed E-state index contributed by atoms with van der Waals surface area (Å²) in [6, 6.07) is 14.9. The van der Waals surface area contributed by atoms with E-state index >= 15 is 0 Å². The van der Waals surface area contributed by atoms with Gasteiger partial charge in [-0.15, -0.1) is 11.8 Å². The molecule has 140 valence electrons. The summed E-state index contributed by atoms with van der Waals surface area (Å²) in [5, 5.41) is 3.31. The molecule has 6 heteroatoms. The number of nitrogens with two attached hydrogens (primary N) is 1. The van der Waals surface area contributed by atoms with Gasteiger partial charge in [0.1, 0.15) is 16.7 Å². The van der Waals surface area contributed by atoms with Crippen LogP contribution in [0.2, 0.25) is 5.02 Å². The monoisotopic (exact) mass is 392 g/mol. The Morgan fingerprint density at radius 3 is 2.73 bits per heavy atom. The highest BCUT2D eigenvalue weighted by atomic mass is 35.5. The van der Waals surface area contributed by atoms with Crippen LogP contribution in [0.15, 0.2) is 48.5 Å². The largest absolute Gasteiger partial charge is 0.456 e. The first kappa shape index (κ1) is 20.6. The number of ether oxygens (including phenoxy) is 1. The number of benzene rings is 2. The van der Waals surface area contributed by atoms with Gasteiger partial charge in [-0.05, 0) is 42.0 Å². The van der Waals surface area contributed by atoms with Crippen LogP contribution in [-0.2, 0) is 4.79 Å². The summed E-state index contributed by atoms with van der Waals surface area (Å²) >= 11 is 7.77. The van der Waals surface area contributed by atoms with E-state index in [-0.39, 0.29) is 17.2 Å². The number of para-hydroxylation sites is 1. The second-order valence-corrected chi connectivity index (χ2v) is 7.21. The quantitative estimate of drug-likeness (QED) is 0.785. The molecule has 2 aromatic carbocycles. The van der Waals surface area contributed by atoms with E-state index in [4.69, 9.17) is 22.1 Å². The molecule has 0 bridgehead atoms. The van der Waals surface area contributed by atoms with Crippen LogP contribution in [0.1, 0.15) is 31.1 Å². The highest BCUT2D eigenvalue weighted by Gasteiger charge is 2.27.